The molecule has 0 saturated carbocycles. The summed E-state index contributed by atoms with van der Waals surface area (Å²) in [4.78, 5) is 29.2. The Hall–Kier alpha value is -3.94. The Labute approximate surface area is 202 Å². The molecule has 1 heterocycles. The van der Waals surface area contributed by atoms with Gasteiger partial charge in [-0.2, -0.15) is 0 Å². The molecule has 6 nitrogen and oxygen atoms in total. The second kappa shape index (κ2) is 12.3. The second-order valence-corrected chi connectivity index (χ2v) is 7.84. The van der Waals surface area contributed by atoms with Gasteiger partial charge in [-0.3, -0.25) is 4.98 Å². The maximum atomic E-state index is 12.8. The van der Waals surface area contributed by atoms with Crippen molar-refractivity contribution >= 4 is 44.5 Å². The minimum atomic E-state index is -0.324. The van der Waals surface area contributed by atoms with E-state index in [1.807, 2.05) is 18.2 Å². The summed E-state index contributed by atoms with van der Waals surface area (Å²) in [6, 6.07) is 17.0. The number of benzene rings is 3. The number of amides is 2. The number of aromatic nitrogens is 1. The summed E-state index contributed by atoms with van der Waals surface area (Å²) in [5.41, 5.74) is 2.32. The van der Waals surface area contributed by atoms with Crippen LogP contribution in [0.5, 0.6) is 0 Å². The van der Waals surface area contributed by atoms with Crippen molar-refractivity contribution in [2.75, 3.05) is 5.32 Å². The van der Waals surface area contributed by atoms with E-state index in [0.29, 0.717) is 12.2 Å². The van der Waals surface area contributed by atoms with Crippen molar-refractivity contribution in [3.63, 3.8) is 0 Å². The van der Waals surface area contributed by atoms with E-state index in [0.717, 1.165) is 26.4 Å². The van der Waals surface area contributed by atoms with Gasteiger partial charge in [0.05, 0.1) is 12.2 Å². The topological polar surface area (TPSA) is 83.5 Å². The largest absolute Gasteiger partial charge is 0.334 e. The van der Waals surface area contributed by atoms with Gasteiger partial charge < -0.3 is 10.6 Å². The standard InChI is InChI=1S/C17H13BrFN3O.C8H6FNO/c18-15-5-6-16(13-7-8-20-10-14(13)15)22-17(23)21-9-11-1-3-12(19)4-2-11;9-8-3-1-7(2-4-8)5-10-6-11/h1-8,10H,9H2,(H2,21,22,23);1-4H,5H2. The molecule has 2 N–H and O–H groups in total. The number of fused-ring (bicyclic) bond motifs is 1. The van der Waals surface area contributed by atoms with Gasteiger partial charge in [0.2, 0.25) is 6.08 Å². The van der Waals surface area contributed by atoms with Crippen LogP contribution in [-0.2, 0) is 17.9 Å². The Bertz CT molecular complexity index is 1310. The first kappa shape index (κ1) is 24.7. The average Bonchev–Trinajstić information content (AvgIpc) is 2.86. The van der Waals surface area contributed by atoms with Crippen LogP contribution in [0.25, 0.3) is 10.8 Å². The average molecular weight is 525 g/mol. The van der Waals surface area contributed by atoms with Crippen LogP contribution < -0.4 is 10.6 Å². The van der Waals surface area contributed by atoms with Gasteiger partial charge in [-0.05, 0) is 53.6 Å². The lowest BCUT2D eigenvalue weighted by Crippen LogP contribution is -2.28. The molecule has 0 saturated heterocycles. The van der Waals surface area contributed by atoms with E-state index in [4.69, 9.17) is 0 Å². The third-order valence-electron chi connectivity index (χ3n) is 4.62. The van der Waals surface area contributed by atoms with E-state index in [-0.39, 0.29) is 24.2 Å². The Morgan fingerprint density at radius 1 is 0.912 bits per heavy atom. The van der Waals surface area contributed by atoms with E-state index >= 15 is 0 Å². The molecule has 3 aromatic carbocycles. The zero-order valence-electron chi connectivity index (χ0n) is 17.8. The minimum absolute atomic E-state index is 0.268. The first-order chi connectivity index (χ1) is 16.5. The maximum absolute atomic E-state index is 12.8. The number of rotatable bonds is 5. The number of hydrogen-bond acceptors (Lipinski definition) is 4. The van der Waals surface area contributed by atoms with Crippen molar-refractivity contribution in [2.45, 2.75) is 13.1 Å². The molecular weight excluding hydrogens is 506 g/mol. The molecule has 4 aromatic rings. The normalized spacial score (nSPS) is 9.97. The summed E-state index contributed by atoms with van der Waals surface area (Å²) in [7, 11) is 0. The molecule has 0 spiro atoms. The molecule has 9 heteroatoms. The molecule has 2 amide bonds. The van der Waals surface area contributed by atoms with Crippen LogP contribution in [0.4, 0.5) is 19.3 Å². The SMILES string of the molecule is O=C(NCc1ccc(F)cc1)Nc1ccc(Br)c2cnccc12.O=C=NCc1ccc(F)cc1. The Balaban J connectivity index is 0.000000248. The van der Waals surface area contributed by atoms with Crippen LogP contribution in [0.15, 0.2) is 88.6 Å². The lowest BCUT2D eigenvalue weighted by atomic mass is 10.1. The fourth-order valence-electron chi connectivity index (χ4n) is 2.93. The fourth-order valence-corrected chi connectivity index (χ4v) is 3.38. The Morgan fingerprint density at radius 3 is 2.21 bits per heavy atom. The molecule has 172 valence electrons. The molecule has 4 rings (SSSR count). The number of isocyanates is 1. The number of nitrogens with zero attached hydrogens (tertiary/aromatic N) is 2. The highest BCUT2D eigenvalue weighted by Gasteiger charge is 2.08. The number of aliphatic imine (C=N–C) groups is 1. The molecule has 0 bridgehead atoms. The van der Waals surface area contributed by atoms with Gasteiger partial charge in [0.1, 0.15) is 11.6 Å². The molecule has 1 aromatic heterocycles. The van der Waals surface area contributed by atoms with Crippen molar-refractivity contribution in [2.24, 2.45) is 4.99 Å². The van der Waals surface area contributed by atoms with Crippen LogP contribution in [0.3, 0.4) is 0 Å². The number of pyridine rings is 1. The molecule has 34 heavy (non-hydrogen) atoms. The van der Waals surface area contributed by atoms with Crippen LogP contribution >= 0.6 is 15.9 Å². The fraction of sp³-hybridized carbons (Fsp3) is 0.0800. The van der Waals surface area contributed by atoms with Gasteiger partial charge in [0.25, 0.3) is 0 Å². The van der Waals surface area contributed by atoms with Crippen LogP contribution in [0, 0.1) is 11.6 Å². The number of nitrogens with one attached hydrogen (secondary N) is 2. The van der Waals surface area contributed by atoms with Gasteiger partial charge in [0.15, 0.2) is 0 Å². The zero-order valence-corrected chi connectivity index (χ0v) is 19.4. The number of halogens is 3. The first-order valence-corrected chi connectivity index (χ1v) is 10.8. The summed E-state index contributed by atoms with van der Waals surface area (Å²) in [6.07, 6.45) is 4.83. The minimum Gasteiger partial charge on any atom is -0.334 e. The van der Waals surface area contributed by atoms with E-state index in [1.54, 1.807) is 36.7 Å². The zero-order chi connectivity index (χ0) is 24.3. The van der Waals surface area contributed by atoms with Gasteiger partial charge in [-0.1, -0.05) is 40.2 Å². The molecule has 0 radical (unpaired) electrons. The first-order valence-electron chi connectivity index (χ1n) is 10.1. The van der Waals surface area contributed by atoms with Gasteiger partial charge in [-0.25, -0.2) is 23.4 Å². The van der Waals surface area contributed by atoms with Crippen LogP contribution in [-0.4, -0.2) is 17.1 Å². The van der Waals surface area contributed by atoms with Gasteiger partial charge >= 0.3 is 6.03 Å². The predicted molar refractivity (Wildman–Crippen MR) is 130 cm³/mol. The predicted octanol–water partition coefficient (Wildman–Crippen LogP) is 6.12. The van der Waals surface area contributed by atoms with Crippen LogP contribution in [0.1, 0.15) is 11.1 Å². The van der Waals surface area contributed by atoms with Gasteiger partial charge in [-0.15, -0.1) is 0 Å². The highest BCUT2D eigenvalue weighted by molar-refractivity contribution is 9.10. The highest BCUT2D eigenvalue weighted by Crippen LogP contribution is 2.29. The van der Waals surface area contributed by atoms with E-state index in [9.17, 15) is 18.4 Å². The van der Waals surface area contributed by atoms with Gasteiger partial charge in [0, 0.05) is 34.2 Å². The van der Waals surface area contributed by atoms with Crippen molar-refractivity contribution in [3.05, 3.63) is 106 Å². The Kier molecular flexibility index (Phi) is 8.96. The third-order valence-corrected chi connectivity index (χ3v) is 5.31. The molecular formula is C25H19BrF2N4O2. The number of hydrogen-bond donors (Lipinski definition) is 2. The Morgan fingerprint density at radius 2 is 1.56 bits per heavy atom. The quantitative estimate of drug-likeness (QED) is 0.243. The maximum Gasteiger partial charge on any atom is 0.319 e. The van der Waals surface area contributed by atoms with Crippen molar-refractivity contribution in [1.82, 2.24) is 10.3 Å². The van der Waals surface area contributed by atoms with E-state index in [1.165, 1.54) is 30.3 Å². The summed E-state index contributed by atoms with van der Waals surface area (Å²) in [5, 5.41) is 7.38. The number of urea groups is 1. The second-order valence-electron chi connectivity index (χ2n) is 6.98. The van der Waals surface area contributed by atoms with E-state index in [2.05, 4.69) is 36.5 Å². The monoisotopic (exact) mass is 524 g/mol. The van der Waals surface area contributed by atoms with Crippen molar-refractivity contribution in [3.8, 4) is 0 Å². The molecule has 0 aliphatic rings. The van der Waals surface area contributed by atoms with Crippen molar-refractivity contribution < 1.29 is 18.4 Å². The summed E-state index contributed by atoms with van der Waals surface area (Å²) in [5.74, 6) is -0.586. The third kappa shape index (κ3) is 7.30. The lowest BCUT2D eigenvalue weighted by Gasteiger charge is -2.11. The molecule has 0 fully saturated rings. The highest BCUT2D eigenvalue weighted by atomic mass is 79.9. The molecule has 0 aliphatic carbocycles. The van der Waals surface area contributed by atoms with Crippen LogP contribution in [0.2, 0.25) is 0 Å². The summed E-state index contributed by atoms with van der Waals surface area (Å²) < 4.78 is 26.1. The molecule has 0 aliphatic heterocycles. The number of anilines is 1. The number of carbonyl (C=O) groups excluding carboxylic acids is 2. The summed E-state index contributed by atoms with van der Waals surface area (Å²) >= 11 is 3.47. The molecule has 0 unspecified atom stereocenters. The summed E-state index contributed by atoms with van der Waals surface area (Å²) in [6.45, 7) is 0.589. The smallest absolute Gasteiger partial charge is 0.319 e. The molecule has 0 atom stereocenters. The van der Waals surface area contributed by atoms with E-state index < -0.39 is 0 Å². The number of carbonyl (C=O) groups is 1. The lowest BCUT2D eigenvalue weighted by molar-refractivity contribution is 0.252. The van der Waals surface area contributed by atoms with Crippen molar-refractivity contribution in [1.29, 1.82) is 0 Å².